The summed E-state index contributed by atoms with van der Waals surface area (Å²) < 4.78 is 1.82. The molecule has 7 heteroatoms. The van der Waals surface area contributed by atoms with Crippen molar-refractivity contribution < 1.29 is 14.7 Å². The maximum Gasteiger partial charge on any atom is 0.326 e. The second-order valence-electron chi connectivity index (χ2n) is 7.33. The Bertz CT molecular complexity index is 1030. The van der Waals surface area contributed by atoms with Gasteiger partial charge in [0, 0.05) is 12.2 Å². The molecule has 0 bridgehead atoms. The van der Waals surface area contributed by atoms with E-state index in [1.165, 1.54) is 11.8 Å². The first-order valence-electron chi connectivity index (χ1n) is 9.76. The largest absolute Gasteiger partial charge is 0.480 e. The molecular weight excluding hydrogens is 368 g/mol. The second kappa shape index (κ2) is 8.43. The zero-order chi connectivity index (χ0) is 21.1. The first kappa shape index (κ1) is 20.5. The summed E-state index contributed by atoms with van der Waals surface area (Å²) in [6, 6.07) is 10.3. The summed E-state index contributed by atoms with van der Waals surface area (Å²) >= 11 is 0. The molecule has 152 valence electrons. The maximum atomic E-state index is 13.5. The number of benzene rings is 1. The van der Waals surface area contributed by atoms with E-state index < -0.39 is 12.0 Å². The number of aryl methyl sites for hydroxylation is 1. The lowest BCUT2D eigenvalue weighted by Crippen LogP contribution is -2.42. The smallest absolute Gasteiger partial charge is 0.326 e. The molecule has 0 fully saturated rings. The Hall–Kier alpha value is -3.22. The van der Waals surface area contributed by atoms with Gasteiger partial charge in [-0.3, -0.25) is 4.79 Å². The SMILES string of the molecule is CCC(C)n1ncc2c(C(=O)N(Cc3ccccc3)C(C)C(=O)O)cc(C)nc21. The van der Waals surface area contributed by atoms with E-state index in [1.54, 1.807) is 12.3 Å². The molecular formula is C22H26N4O3. The third kappa shape index (κ3) is 4.13. The Kier molecular flexibility index (Phi) is 5.96. The minimum absolute atomic E-state index is 0.142. The summed E-state index contributed by atoms with van der Waals surface area (Å²) in [5.74, 6) is -1.39. The Morgan fingerprint density at radius 2 is 1.90 bits per heavy atom. The normalized spacial score (nSPS) is 13.2. The highest BCUT2D eigenvalue weighted by atomic mass is 16.4. The quantitative estimate of drug-likeness (QED) is 0.658. The monoisotopic (exact) mass is 394 g/mol. The summed E-state index contributed by atoms with van der Waals surface area (Å²) in [6.45, 7) is 7.67. The lowest BCUT2D eigenvalue weighted by molar-refractivity contribution is -0.141. The molecule has 3 rings (SSSR count). The fraction of sp³-hybridized carbons (Fsp3) is 0.364. The van der Waals surface area contributed by atoms with Crippen molar-refractivity contribution in [2.24, 2.45) is 0 Å². The van der Waals surface area contributed by atoms with Crippen molar-refractivity contribution in [1.82, 2.24) is 19.7 Å². The first-order chi connectivity index (χ1) is 13.8. The zero-order valence-electron chi connectivity index (χ0n) is 17.2. The number of carbonyl (C=O) groups excluding carboxylic acids is 1. The highest BCUT2D eigenvalue weighted by Gasteiger charge is 2.29. The number of fused-ring (bicyclic) bond motifs is 1. The van der Waals surface area contributed by atoms with Crippen LogP contribution in [0.15, 0.2) is 42.6 Å². The molecule has 0 aliphatic heterocycles. The van der Waals surface area contributed by atoms with E-state index in [9.17, 15) is 14.7 Å². The van der Waals surface area contributed by atoms with Crippen LogP contribution in [0, 0.1) is 6.92 Å². The second-order valence-corrected chi connectivity index (χ2v) is 7.33. The minimum atomic E-state index is -1.05. The highest BCUT2D eigenvalue weighted by molar-refractivity contribution is 6.06. The molecule has 0 saturated heterocycles. The fourth-order valence-corrected chi connectivity index (χ4v) is 3.27. The molecule has 0 aliphatic carbocycles. The molecule has 0 radical (unpaired) electrons. The van der Waals surface area contributed by atoms with Gasteiger partial charge in [0.05, 0.1) is 23.2 Å². The summed E-state index contributed by atoms with van der Waals surface area (Å²) in [5.41, 5.74) is 2.62. The van der Waals surface area contributed by atoms with Crippen LogP contribution in [0.3, 0.4) is 0 Å². The number of carbonyl (C=O) groups is 2. The molecule has 1 N–H and O–H groups in total. The molecule has 3 aromatic rings. The van der Waals surface area contributed by atoms with Crippen molar-refractivity contribution in [2.45, 2.75) is 52.7 Å². The van der Waals surface area contributed by atoms with E-state index >= 15 is 0 Å². The summed E-state index contributed by atoms with van der Waals surface area (Å²) in [5, 5.41) is 14.7. The predicted molar refractivity (Wildman–Crippen MR) is 111 cm³/mol. The zero-order valence-corrected chi connectivity index (χ0v) is 17.2. The van der Waals surface area contributed by atoms with Crippen molar-refractivity contribution in [3.05, 3.63) is 59.4 Å². The molecule has 29 heavy (non-hydrogen) atoms. The van der Waals surface area contributed by atoms with Crippen LogP contribution in [0.4, 0.5) is 0 Å². The number of aliphatic carboxylic acids is 1. The van der Waals surface area contributed by atoms with Gasteiger partial charge >= 0.3 is 5.97 Å². The fourth-order valence-electron chi connectivity index (χ4n) is 3.27. The number of hydrogen-bond acceptors (Lipinski definition) is 4. The third-order valence-electron chi connectivity index (χ3n) is 5.22. The molecule has 0 aliphatic rings. The van der Waals surface area contributed by atoms with E-state index in [2.05, 4.69) is 17.0 Å². The number of carboxylic acid groups (broad SMARTS) is 1. The van der Waals surface area contributed by atoms with Crippen LogP contribution >= 0.6 is 0 Å². The van der Waals surface area contributed by atoms with Crippen molar-refractivity contribution in [1.29, 1.82) is 0 Å². The van der Waals surface area contributed by atoms with Gasteiger partial charge in [-0.25, -0.2) is 14.5 Å². The predicted octanol–water partition coefficient (Wildman–Crippen LogP) is 3.83. The number of nitrogens with zero attached hydrogens (tertiary/aromatic N) is 4. The number of amides is 1. The lowest BCUT2D eigenvalue weighted by Gasteiger charge is -2.27. The highest BCUT2D eigenvalue weighted by Crippen LogP contribution is 2.25. The van der Waals surface area contributed by atoms with Crippen LogP contribution in [0.2, 0.25) is 0 Å². The van der Waals surface area contributed by atoms with Crippen LogP contribution < -0.4 is 0 Å². The van der Waals surface area contributed by atoms with Crippen molar-refractivity contribution >= 4 is 22.9 Å². The van der Waals surface area contributed by atoms with E-state index in [-0.39, 0.29) is 18.5 Å². The molecule has 2 atom stereocenters. The first-order valence-corrected chi connectivity index (χ1v) is 9.76. The van der Waals surface area contributed by atoms with Gasteiger partial charge < -0.3 is 10.0 Å². The average Bonchev–Trinajstić information content (AvgIpc) is 3.14. The van der Waals surface area contributed by atoms with E-state index in [0.717, 1.165) is 12.0 Å². The summed E-state index contributed by atoms with van der Waals surface area (Å²) in [4.78, 5) is 31.2. The average molecular weight is 394 g/mol. The summed E-state index contributed by atoms with van der Waals surface area (Å²) in [7, 11) is 0. The molecule has 2 unspecified atom stereocenters. The standard InChI is InChI=1S/C22H26N4O3/c1-5-15(3)26-20-19(12-23-26)18(11-14(2)24-20)21(27)25(16(4)22(28)29)13-17-9-7-6-8-10-17/h6-12,15-16H,5,13H2,1-4H3,(H,28,29). The van der Waals surface area contributed by atoms with Crippen LogP contribution in [-0.2, 0) is 11.3 Å². The van der Waals surface area contributed by atoms with Crippen LogP contribution in [0.25, 0.3) is 11.0 Å². The van der Waals surface area contributed by atoms with Crippen LogP contribution in [0.1, 0.15) is 54.8 Å². The van der Waals surface area contributed by atoms with Gasteiger partial charge in [-0.1, -0.05) is 37.3 Å². The van der Waals surface area contributed by atoms with Crippen molar-refractivity contribution in [2.75, 3.05) is 0 Å². The van der Waals surface area contributed by atoms with Gasteiger partial charge in [0.1, 0.15) is 6.04 Å². The van der Waals surface area contributed by atoms with Gasteiger partial charge in [0.25, 0.3) is 5.91 Å². The molecule has 0 saturated carbocycles. The summed E-state index contributed by atoms with van der Waals surface area (Å²) in [6.07, 6.45) is 2.53. The lowest BCUT2D eigenvalue weighted by atomic mass is 10.1. The molecule has 2 aromatic heterocycles. The Morgan fingerprint density at radius 1 is 1.21 bits per heavy atom. The van der Waals surface area contributed by atoms with Gasteiger partial charge in [0.15, 0.2) is 5.65 Å². The molecule has 7 nitrogen and oxygen atoms in total. The van der Waals surface area contributed by atoms with Gasteiger partial charge in [-0.2, -0.15) is 5.10 Å². The van der Waals surface area contributed by atoms with Gasteiger partial charge in [-0.15, -0.1) is 0 Å². The van der Waals surface area contributed by atoms with E-state index in [0.29, 0.717) is 22.3 Å². The number of pyridine rings is 1. The number of rotatable bonds is 7. The van der Waals surface area contributed by atoms with Crippen molar-refractivity contribution in [3.63, 3.8) is 0 Å². The van der Waals surface area contributed by atoms with Gasteiger partial charge in [-0.05, 0) is 38.8 Å². The maximum absolute atomic E-state index is 13.5. The van der Waals surface area contributed by atoms with Crippen LogP contribution in [-0.4, -0.2) is 42.7 Å². The number of hydrogen-bond donors (Lipinski definition) is 1. The number of carboxylic acids is 1. The van der Waals surface area contributed by atoms with Crippen molar-refractivity contribution in [3.8, 4) is 0 Å². The molecule has 0 spiro atoms. The molecule has 1 amide bonds. The third-order valence-corrected chi connectivity index (χ3v) is 5.22. The Balaban J connectivity index is 2.08. The molecule has 1 aromatic carbocycles. The molecule has 2 heterocycles. The minimum Gasteiger partial charge on any atom is -0.480 e. The van der Waals surface area contributed by atoms with Gasteiger partial charge in [0.2, 0.25) is 0 Å². The van der Waals surface area contributed by atoms with Crippen LogP contribution in [0.5, 0.6) is 0 Å². The topological polar surface area (TPSA) is 88.3 Å². The Morgan fingerprint density at radius 3 is 2.52 bits per heavy atom. The Labute approximate surface area is 170 Å². The van der Waals surface area contributed by atoms with E-state index in [4.69, 9.17) is 0 Å². The number of aromatic nitrogens is 3. The van der Waals surface area contributed by atoms with E-state index in [1.807, 2.05) is 48.9 Å².